The molecule has 0 aliphatic heterocycles. The first kappa shape index (κ1) is 108. The molecule has 0 bridgehead atoms. The second-order valence-corrected chi connectivity index (χ2v) is 36.8. The van der Waals surface area contributed by atoms with E-state index in [1.165, 1.54) is 289 Å². The summed E-state index contributed by atoms with van der Waals surface area (Å²) in [4.78, 5) is 73.3. The molecule has 6 atom stereocenters. The van der Waals surface area contributed by atoms with Gasteiger partial charge in [0, 0.05) is 25.7 Å². The number of rotatable bonds is 89. The van der Waals surface area contributed by atoms with E-state index in [2.05, 4.69) is 48.5 Å². The monoisotopic (exact) mass is 1610 g/mol. The first-order valence-corrected chi connectivity index (χ1v) is 49.9. The first-order valence-electron chi connectivity index (χ1n) is 46.9. The summed E-state index contributed by atoms with van der Waals surface area (Å²) in [5.41, 5.74) is 0. The Balaban J connectivity index is 5.17. The van der Waals surface area contributed by atoms with Crippen molar-refractivity contribution in [1.82, 2.24) is 0 Å². The zero-order valence-corrected chi connectivity index (χ0v) is 74.5. The SMILES string of the molecule is CCCCCCCCCCC(=O)OC[C@H](COP(=O)(O)OC[C@H](O)COP(=O)(O)OC[C@@H](COC(=O)CCCCCCCCCCCCCCCCCCCCC(C)C)OC(=O)CCCCCCCCCCCCCCCCCCCCC(C)CC)OC(=O)CCCCCCCCCCCCCCCCCCC(C)C. The highest BCUT2D eigenvalue weighted by molar-refractivity contribution is 7.47. The number of carbonyl (C=O) groups excluding carboxylic acids is 4. The number of carbonyl (C=O) groups is 4. The average molecular weight is 1610 g/mol. The molecule has 0 aliphatic carbocycles. The molecule has 110 heavy (non-hydrogen) atoms. The van der Waals surface area contributed by atoms with Crippen LogP contribution in [0.3, 0.4) is 0 Å². The molecule has 0 saturated heterocycles. The average Bonchev–Trinajstić information content (AvgIpc) is 0.898. The minimum absolute atomic E-state index is 0.108. The molecule has 654 valence electrons. The zero-order valence-electron chi connectivity index (χ0n) is 72.7. The Bertz CT molecular complexity index is 2120. The van der Waals surface area contributed by atoms with Crippen LogP contribution in [-0.2, 0) is 65.4 Å². The molecule has 0 amide bonds. The third-order valence-corrected chi connectivity index (χ3v) is 23.6. The zero-order chi connectivity index (χ0) is 80.8. The molecule has 0 heterocycles. The number of aliphatic hydroxyl groups excluding tert-OH is 1. The third kappa shape index (κ3) is 82.6. The molecule has 0 aromatic heterocycles. The number of phosphoric acid groups is 2. The Hall–Kier alpha value is -1.94. The lowest BCUT2D eigenvalue weighted by atomic mass is 9.99. The lowest BCUT2D eigenvalue weighted by Crippen LogP contribution is -2.30. The van der Waals surface area contributed by atoms with E-state index in [-0.39, 0.29) is 25.7 Å². The van der Waals surface area contributed by atoms with Gasteiger partial charge < -0.3 is 33.8 Å². The van der Waals surface area contributed by atoms with E-state index in [1.54, 1.807) is 0 Å². The molecule has 19 heteroatoms. The summed E-state index contributed by atoms with van der Waals surface area (Å²) in [6, 6.07) is 0. The fourth-order valence-corrected chi connectivity index (χ4v) is 15.8. The summed E-state index contributed by atoms with van der Waals surface area (Å²) in [7, 11) is -9.93. The molecule has 3 unspecified atom stereocenters. The Morgan fingerprint density at radius 2 is 0.464 bits per heavy atom. The molecule has 3 N–H and O–H groups in total. The minimum Gasteiger partial charge on any atom is -0.462 e. The molecule has 0 fully saturated rings. The predicted octanol–water partition coefficient (Wildman–Crippen LogP) is 28.0. The predicted molar refractivity (Wildman–Crippen MR) is 455 cm³/mol. The van der Waals surface area contributed by atoms with Crippen LogP contribution in [0, 0.1) is 17.8 Å². The van der Waals surface area contributed by atoms with Gasteiger partial charge in [-0.2, -0.15) is 0 Å². The van der Waals surface area contributed by atoms with Gasteiger partial charge in [-0.1, -0.05) is 434 Å². The highest BCUT2D eigenvalue weighted by atomic mass is 31.2. The summed E-state index contributed by atoms with van der Waals surface area (Å²) in [6.45, 7) is 12.1. The smallest absolute Gasteiger partial charge is 0.462 e. The Labute approximate surface area is 677 Å². The van der Waals surface area contributed by atoms with E-state index in [4.69, 9.17) is 37.0 Å². The van der Waals surface area contributed by atoms with Crippen molar-refractivity contribution in [3.05, 3.63) is 0 Å². The van der Waals surface area contributed by atoms with E-state index in [1.807, 2.05) is 0 Å². The largest absolute Gasteiger partial charge is 0.472 e. The van der Waals surface area contributed by atoms with E-state index in [0.717, 1.165) is 114 Å². The summed E-state index contributed by atoms with van der Waals surface area (Å²) >= 11 is 0. The summed E-state index contributed by atoms with van der Waals surface area (Å²) in [6.07, 6.45) is 73.8. The van der Waals surface area contributed by atoms with E-state index in [0.29, 0.717) is 25.7 Å². The number of unbranched alkanes of at least 4 members (excludes halogenated alkanes) is 56. The summed E-state index contributed by atoms with van der Waals surface area (Å²) < 4.78 is 69.0. The number of esters is 4. The van der Waals surface area contributed by atoms with Crippen LogP contribution in [0.4, 0.5) is 0 Å². The molecule has 0 aromatic rings. The number of aliphatic hydroxyl groups is 1. The highest BCUT2D eigenvalue weighted by Gasteiger charge is 2.31. The quantitative estimate of drug-likeness (QED) is 0.0222. The maximum absolute atomic E-state index is 13.2. The second kappa shape index (κ2) is 80.8. The van der Waals surface area contributed by atoms with Crippen molar-refractivity contribution in [3.8, 4) is 0 Å². The van der Waals surface area contributed by atoms with Gasteiger partial charge in [0.1, 0.15) is 19.3 Å². The maximum Gasteiger partial charge on any atom is 0.472 e. The van der Waals surface area contributed by atoms with Crippen molar-refractivity contribution < 1.29 is 80.2 Å². The number of ether oxygens (including phenoxy) is 4. The molecule has 0 spiro atoms. The lowest BCUT2D eigenvalue weighted by molar-refractivity contribution is -0.161. The molecule has 0 aromatic carbocycles. The van der Waals surface area contributed by atoms with Gasteiger partial charge in [-0.15, -0.1) is 0 Å². The molecule has 17 nitrogen and oxygen atoms in total. The number of phosphoric ester groups is 2. The van der Waals surface area contributed by atoms with Gasteiger partial charge in [0.05, 0.1) is 26.4 Å². The second-order valence-electron chi connectivity index (χ2n) is 33.9. The fraction of sp³-hybridized carbons (Fsp3) is 0.956. The fourth-order valence-electron chi connectivity index (χ4n) is 14.2. The van der Waals surface area contributed by atoms with Crippen LogP contribution in [0.2, 0.25) is 0 Å². The van der Waals surface area contributed by atoms with Crippen LogP contribution in [0.15, 0.2) is 0 Å². The van der Waals surface area contributed by atoms with Gasteiger partial charge in [-0.25, -0.2) is 9.13 Å². The molecule has 0 rings (SSSR count). The van der Waals surface area contributed by atoms with Crippen LogP contribution in [-0.4, -0.2) is 96.7 Å². The molecule has 0 aliphatic rings. The number of hydrogen-bond donors (Lipinski definition) is 3. The van der Waals surface area contributed by atoms with Crippen molar-refractivity contribution in [2.24, 2.45) is 17.8 Å². The first-order chi connectivity index (χ1) is 53.3. The van der Waals surface area contributed by atoms with Gasteiger partial charge in [0.15, 0.2) is 12.2 Å². The molecular weight excluding hydrogens is 1430 g/mol. The minimum atomic E-state index is -4.97. The van der Waals surface area contributed by atoms with Crippen molar-refractivity contribution in [2.45, 2.75) is 503 Å². The van der Waals surface area contributed by atoms with E-state index < -0.39 is 97.5 Å². The highest BCUT2D eigenvalue weighted by Crippen LogP contribution is 2.45. The molecule has 0 saturated carbocycles. The van der Waals surface area contributed by atoms with Crippen molar-refractivity contribution in [3.63, 3.8) is 0 Å². The van der Waals surface area contributed by atoms with Crippen molar-refractivity contribution in [2.75, 3.05) is 39.6 Å². The molecular formula is C91H178O17P2. The molecule has 0 radical (unpaired) electrons. The summed E-state index contributed by atoms with van der Waals surface area (Å²) in [5.74, 6) is 0.402. The normalized spacial score (nSPS) is 14.0. The van der Waals surface area contributed by atoms with E-state index in [9.17, 15) is 43.2 Å². The Morgan fingerprint density at radius 3 is 0.691 bits per heavy atom. The van der Waals surface area contributed by atoms with Gasteiger partial charge in [-0.3, -0.25) is 37.3 Å². The van der Waals surface area contributed by atoms with Crippen LogP contribution in [0.25, 0.3) is 0 Å². The lowest BCUT2D eigenvalue weighted by Gasteiger charge is -2.21. The topological polar surface area (TPSA) is 237 Å². The maximum atomic E-state index is 13.2. The Kier molecular flexibility index (Phi) is 79.4. The van der Waals surface area contributed by atoms with Gasteiger partial charge >= 0.3 is 39.5 Å². The Morgan fingerprint density at radius 1 is 0.264 bits per heavy atom. The van der Waals surface area contributed by atoms with E-state index >= 15 is 0 Å². The van der Waals surface area contributed by atoms with Crippen LogP contribution in [0.1, 0.15) is 485 Å². The standard InChI is InChI=1S/C91H178O17P2/c1-8-10-11-12-13-51-58-65-72-88(93)101-78-86(107-90(95)74-68-61-54-47-41-35-29-23-22-25-31-37-43-49-56-63-70-83(5)6)80-105-109(97,98)103-76-85(92)77-104-110(99,100)106-81-87(79-102-89(94)73-66-59-52-45-39-33-27-20-16-14-18-24-30-36-42-48-55-62-69-82(3)4)108-91(96)75-67-60-53-46-40-34-28-21-17-15-19-26-32-38-44-50-57-64-71-84(7)9-2/h82-87,92H,8-81H2,1-7H3,(H,97,98)(H,99,100)/t84?,85-,86+,87+/m0/s1. The van der Waals surface area contributed by atoms with Gasteiger partial charge in [0.25, 0.3) is 0 Å². The summed E-state index contributed by atoms with van der Waals surface area (Å²) in [5, 5.41) is 10.7. The third-order valence-electron chi connectivity index (χ3n) is 21.7. The van der Waals surface area contributed by atoms with Crippen molar-refractivity contribution in [1.29, 1.82) is 0 Å². The number of hydrogen-bond acceptors (Lipinski definition) is 15. The van der Waals surface area contributed by atoms with Gasteiger partial charge in [0.2, 0.25) is 0 Å². The van der Waals surface area contributed by atoms with Gasteiger partial charge in [-0.05, 0) is 43.4 Å². The van der Waals surface area contributed by atoms with Crippen LogP contribution >= 0.6 is 15.6 Å². The van der Waals surface area contributed by atoms with Crippen molar-refractivity contribution >= 4 is 39.5 Å². The van der Waals surface area contributed by atoms with Crippen LogP contribution < -0.4 is 0 Å². The van der Waals surface area contributed by atoms with Crippen LogP contribution in [0.5, 0.6) is 0 Å².